The number of imidazole rings is 1. The average Bonchev–Trinajstić information content (AvgIpc) is 3.59. The smallest absolute Gasteiger partial charge is 0.410 e. The van der Waals surface area contributed by atoms with E-state index in [-0.39, 0.29) is 35.2 Å². The molecule has 2 N–H and O–H groups in total. The van der Waals surface area contributed by atoms with Crippen molar-refractivity contribution in [1.29, 1.82) is 0 Å². The lowest BCUT2D eigenvalue weighted by Crippen LogP contribution is -2.43. The summed E-state index contributed by atoms with van der Waals surface area (Å²) >= 11 is 6.75. The van der Waals surface area contributed by atoms with Gasteiger partial charge >= 0.3 is 6.09 Å². The van der Waals surface area contributed by atoms with Crippen LogP contribution in [-0.2, 0) is 14.3 Å². The number of pyridine rings is 1. The minimum Gasteiger partial charge on any atom is -0.480 e. The van der Waals surface area contributed by atoms with E-state index in [2.05, 4.69) is 15.3 Å². The summed E-state index contributed by atoms with van der Waals surface area (Å²) in [5.41, 5.74) is 1.34. The molecule has 1 saturated carbocycles. The van der Waals surface area contributed by atoms with Gasteiger partial charge in [-0.3, -0.25) is 9.59 Å². The number of aromatic nitrogens is 3. The highest BCUT2D eigenvalue weighted by atomic mass is 35.5. The van der Waals surface area contributed by atoms with Crippen LogP contribution in [0.1, 0.15) is 97.3 Å². The second-order valence-corrected chi connectivity index (χ2v) is 14.0. The highest BCUT2D eigenvalue weighted by Gasteiger charge is 2.59. The Bertz CT molecular complexity index is 1570. The van der Waals surface area contributed by atoms with E-state index in [9.17, 15) is 14.4 Å². The van der Waals surface area contributed by atoms with Gasteiger partial charge in [0.1, 0.15) is 28.1 Å². The summed E-state index contributed by atoms with van der Waals surface area (Å²) in [5, 5.41) is 4.56. The first-order valence-corrected chi connectivity index (χ1v) is 16.8. The van der Waals surface area contributed by atoms with Crippen molar-refractivity contribution in [3.05, 3.63) is 41.3 Å². The standard InChI is InChI=1S/C35H46ClN5O5/c1-6-23(42)13-8-7-9-15-27(37-31(43)25-21-35(25)16-18-41(19-17-35)33(44)46-34(2,3)4)30-39-28(29(36)40-30)24-20-22-12-10-11-14-26(22)38-32(24)45-5/h10-12,14,20,25,27H,6-9,13,15-19,21H2,1-5H3,(H,37,43)(H,39,40)/t25-,27?/m1/s1. The van der Waals surface area contributed by atoms with E-state index < -0.39 is 5.60 Å². The number of ether oxygens (including phenoxy) is 2. The number of H-pyrrole nitrogens is 1. The molecule has 10 nitrogen and oxygen atoms in total. The number of carbonyl (C=O) groups is 3. The predicted molar refractivity (Wildman–Crippen MR) is 178 cm³/mol. The van der Waals surface area contributed by atoms with Gasteiger partial charge in [-0.15, -0.1) is 0 Å². The molecule has 0 radical (unpaired) electrons. The molecular formula is C35H46ClN5O5. The number of aromatic amines is 1. The Morgan fingerprint density at radius 2 is 1.87 bits per heavy atom. The maximum atomic E-state index is 13.7. The molecule has 2 amide bonds. The van der Waals surface area contributed by atoms with Crippen LogP contribution in [0.25, 0.3) is 22.2 Å². The minimum absolute atomic E-state index is 0.00379. The SMILES string of the molecule is CCC(=O)CCCCCC(NC(=O)[C@H]1CC12CCN(C(=O)OC(C)(C)C)CC2)c1nc(-c2cc3ccccc3nc2OC)c(Cl)[nH]1. The van der Waals surface area contributed by atoms with E-state index in [0.29, 0.717) is 60.5 Å². The number of likely N-dealkylation sites (tertiary alicyclic amines) is 1. The molecule has 1 saturated heterocycles. The largest absolute Gasteiger partial charge is 0.480 e. The highest BCUT2D eigenvalue weighted by Crippen LogP contribution is 2.59. The molecular weight excluding hydrogens is 606 g/mol. The summed E-state index contributed by atoms with van der Waals surface area (Å²) in [6.45, 7) is 8.64. The van der Waals surface area contributed by atoms with Gasteiger partial charge in [0.25, 0.3) is 0 Å². The number of rotatable bonds is 12. The number of benzene rings is 1. The van der Waals surface area contributed by atoms with Gasteiger partial charge in [0.2, 0.25) is 11.8 Å². The fourth-order valence-electron chi connectivity index (χ4n) is 6.44. The van der Waals surface area contributed by atoms with Crippen LogP contribution in [0.5, 0.6) is 5.88 Å². The van der Waals surface area contributed by atoms with Crippen molar-refractivity contribution in [2.45, 2.75) is 97.1 Å². The van der Waals surface area contributed by atoms with E-state index in [4.69, 9.17) is 26.1 Å². The molecule has 2 aromatic heterocycles. The molecule has 5 rings (SSSR count). The van der Waals surface area contributed by atoms with E-state index in [0.717, 1.165) is 49.4 Å². The molecule has 2 atom stereocenters. The van der Waals surface area contributed by atoms with Crippen molar-refractivity contribution in [3.63, 3.8) is 0 Å². The number of carbonyl (C=O) groups excluding carboxylic acids is 3. The average molecular weight is 652 g/mol. The number of amides is 2. The Labute approximate surface area is 276 Å². The molecule has 2 aliphatic rings. The summed E-state index contributed by atoms with van der Waals surface area (Å²) in [6, 6.07) is 9.34. The van der Waals surface area contributed by atoms with Gasteiger partial charge in [0.05, 0.1) is 24.2 Å². The quantitative estimate of drug-likeness (QED) is 0.195. The van der Waals surface area contributed by atoms with Crippen molar-refractivity contribution in [1.82, 2.24) is 25.2 Å². The summed E-state index contributed by atoms with van der Waals surface area (Å²) < 4.78 is 11.2. The number of unbranched alkanes of at least 4 members (excludes halogenated alkanes) is 2. The third-order valence-corrected chi connectivity index (χ3v) is 9.50. The van der Waals surface area contributed by atoms with Crippen molar-refractivity contribution < 1.29 is 23.9 Å². The summed E-state index contributed by atoms with van der Waals surface area (Å²) in [6.07, 6.45) is 6.32. The number of para-hydroxylation sites is 1. The van der Waals surface area contributed by atoms with Crippen LogP contribution < -0.4 is 10.1 Å². The van der Waals surface area contributed by atoms with Gasteiger partial charge in [0.15, 0.2) is 0 Å². The normalized spacial score (nSPS) is 18.0. The molecule has 248 valence electrons. The molecule has 3 aromatic rings. The second-order valence-electron chi connectivity index (χ2n) is 13.7. The number of piperidine rings is 1. The van der Waals surface area contributed by atoms with Crippen LogP contribution in [-0.4, -0.2) is 63.4 Å². The van der Waals surface area contributed by atoms with Crippen molar-refractivity contribution in [2.24, 2.45) is 11.3 Å². The topological polar surface area (TPSA) is 127 Å². The van der Waals surface area contributed by atoms with Crippen LogP contribution in [0.3, 0.4) is 0 Å². The van der Waals surface area contributed by atoms with Crippen LogP contribution >= 0.6 is 11.6 Å². The molecule has 2 fully saturated rings. The number of fused-ring (bicyclic) bond motifs is 1. The molecule has 1 aliphatic heterocycles. The van der Waals surface area contributed by atoms with Gasteiger partial charge in [-0.05, 0) is 70.4 Å². The molecule has 1 aliphatic carbocycles. The monoisotopic (exact) mass is 651 g/mol. The lowest BCUT2D eigenvalue weighted by molar-refractivity contribution is -0.124. The second kappa shape index (κ2) is 14.0. The Hall–Kier alpha value is -3.66. The molecule has 1 spiro atoms. The Morgan fingerprint density at radius 1 is 1.13 bits per heavy atom. The zero-order valence-corrected chi connectivity index (χ0v) is 28.3. The van der Waals surface area contributed by atoms with Crippen LogP contribution in [0, 0.1) is 11.3 Å². The summed E-state index contributed by atoms with van der Waals surface area (Å²) in [7, 11) is 1.57. The Morgan fingerprint density at radius 3 is 2.57 bits per heavy atom. The lowest BCUT2D eigenvalue weighted by atomic mass is 9.90. The molecule has 46 heavy (non-hydrogen) atoms. The number of methoxy groups -OCH3 is 1. The fourth-order valence-corrected chi connectivity index (χ4v) is 6.68. The van der Waals surface area contributed by atoms with E-state index in [1.54, 1.807) is 12.0 Å². The van der Waals surface area contributed by atoms with E-state index in [1.165, 1.54) is 0 Å². The van der Waals surface area contributed by atoms with Crippen molar-refractivity contribution in [2.75, 3.05) is 20.2 Å². The maximum absolute atomic E-state index is 13.7. The van der Waals surface area contributed by atoms with Crippen molar-refractivity contribution >= 4 is 40.3 Å². The number of nitrogens with one attached hydrogen (secondary N) is 2. The fraction of sp³-hybridized carbons (Fsp3) is 0.571. The summed E-state index contributed by atoms with van der Waals surface area (Å²) in [4.78, 5) is 52.6. The first kappa shape index (κ1) is 33.7. The first-order chi connectivity index (χ1) is 21.9. The van der Waals surface area contributed by atoms with Gasteiger partial charge in [-0.25, -0.2) is 14.8 Å². The van der Waals surface area contributed by atoms with Gasteiger partial charge in [-0.2, -0.15) is 0 Å². The molecule has 1 unspecified atom stereocenters. The Kier molecular flexibility index (Phi) is 10.2. The lowest BCUT2D eigenvalue weighted by Gasteiger charge is -2.34. The maximum Gasteiger partial charge on any atom is 0.410 e. The Balaban J connectivity index is 1.30. The third kappa shape index (κ3) is 7.82. The third-order valence-electron chi connectivity index (χ3n) is 9.22. The molecule has 3 heterocycles. The predicted octanol–water partition coefficient (Wildman–Crippen LogP) is 7.41. The number of halogens is 1. The zero-order valence-electron chi connectivity index (χ0n) is 27.6. The van der Waals surface area contributed by atoms with Crippen LogP contribution in [0.15, 0.2) is 30.3 Å². The van der Waals surface area contributed by atoms with Crippen LogP contribution in [0.2, 0.25) is 5.15 Å². The zero-order chi connectivity index (χ0) is 33.1. The molecule has 1 aromatic carbocycles. The summed E-state index contributed by atoms with van der Waals surface area (Å²) in [5.74, 6) is 1.13. The van der Waals surface area contributed by atoms with Crippen LogP contribution in [0.4, 0.5) is 4.79 Å². The highest BCUT2D eigenvalue weighted by molar-refractivity contribution is 6.32. The number of hydrogen-bond donors (Lipinski definition) is 2. The molecule has 0 bridgehead atoms. The number of nitrogens with zero attached hydrogens (tertiary/aromatic N) is 3. The van der Waals surface area contributed by atoms with Gasteiger partial charge < -0.3 is 24.7 Å². The first-order valence-electron chi connectivity index (χ1n) is 16.4. The number of ketones is 1. The number of hydrogen-bond acceptors (Lipinski definition) is 7. The number of Topliss-reactive ketones (excluding diaryl/α,β-unsaturated/α-hetero) is 1. The van der Waals surface area contributed by atoms with Crippen molar-refractivity contribution in [3.8, 4) is 17.1 Å². The molecule has 11 heteroatoms. The minimum atomic E-state index is -0.542. The van der Waals surface area contributed by atoms with E-state index in [1.807, 2.05) is 58.0 Å². The van der Waals surface area contributed by atoms with Gasteiger partial charge in [0, 0.05) is 37.2 Å². The van der Waals surface area contributed by atoms with E-state index >= 15 is 0 Å². The van der Waals surface area contributed by atoms with Gasteiger partial charge in [-0.1, -0.05) is 49.6 Å².